The van der Waals surface area contributed by atoms with Crippen LogP contribution in [0.15, 0.2) is 0 Å². The van der Waals surface area contributed by atoms with Gasteiger partial charge in [-0.05, 0) is 29.2 Å². The molecular weight excluding hydrogens is 184 g/mol. The Kier molecular flexibility index (Phi) is 5.84. The van der Waals surface area contributed by atoms with Crippen LogP contribution < -0.4 is 0 Å². The van der Waals surface area contributed by atoms with Gasteiger partial charge in [0.2, 0.25) is 0 Å². The molecule has 2 saturated carbocycles. The lowest BCUT2D eigenvalue weighted by molar-refractivity contribution is 0.244. The topological polar surface area (TPSA) is 0 Å². The lowest BCUT2D eigenvalue weighted by Crippen LogP contribution is -2.14. The largest absolute Gasteiger partial charge is 0.0533 e. The summed E-state index contributed by atoms with van der Waals surface area (Å²) in [6, 6.07) is 0. The van der Waals surface area contributed by atoms with E-state index in [9.17, 15) is 0 Å². The van der Waals surface area contributed by atoms with Crippen molar-refractivity contribution in [1.29, 1.82) is 0 Å². The fraction of sp³-hybridized carbons (Fsp3) is 1.00. The molecule has 2 aliphatic rings. The van der Waals surface area contributed by atoms with Crippen molar-refractivity contribution in [3.63, 3.8) is 0 Å². The number of rotatable bonds is 2. The molecule has 2 aliphatic carbocycles. The van der Waals surface area contributed by atoms with E-state index in [0.29, 0.717) is 0 Å². The Morgan fingerprint density at radius 3 is 1.29 bits per heavy atom. The SMILES string of the molecule is C1CCC(CC2CCCCC2)CC1.[SiH4]. The summed E-state index contributed by atoms with van der Waals surface area (Å²) in [7, 11) is 0. The third-order valence-corrected chi connectivity index (χ3v) is 4.12. The van der Waals surface area contributed by atoms with Crippen LogP contribution in [0.2, 0.25) is 0 Å². The van der Waals surface area contributed by atoms with Crippen LogP contribution in [0.5, 0.6) is 0 Å². The van der Waals surface area contributed by atoms with Crippen molar-refractivity contribution in [1.82, 2.24) is 0 Å². The highest BCUT2D eigenvalue weighted by molar-refractivity contribution is 5.75. The van der Waals surface area contributed by atoms with Crippen molar-refractivity contribution in [2.24, 2.45) is 11.8 Å². The molecule has 0 aromatic rings. The first-order valence-corrected chi connectivity index (χ1v) is 6.45. The Bertz CT molecular complexity index is 116. The second-order valence-electron chi connectivity index (χ2n) is 5.24. The smallest absolute Gasteiger partial charge is 0.0149 e. The molecule has 0 heterocycles. The molecule has 0 amide bonds. The van der Waals surface area contributed by atoms with Gasteiger partial charge < -0.3 is 0 Å². The standard InChI is InChI=1S/C13H24.H4Si/c1-3-7-12(8-4-1)11-13-9-5-2-6-10-13;/h12-13H,1-11H2;1H4. The van der Waals surface area contributed by atoms with Crippen molar-refractivity contribution in [3.8, 4) is 0 Å². The van der Waals surface area contributed by atoms with Crippen molar-refractivity contribution >= 4 is 11.0 Å². The fourth-order valence-corrected chi connectivity index (χ4v) is 3.32. The van der Waals surface area contributed by atoms with Gasteiger partial charge in [0, 0.05) is 0 Å². The van der Waals surface area contributed by atoms with Crippen LogP contribution in [0, 0.1) is 11.8 Å². The number of hydrogen-bond donors (Lipinski definition) is 0. The molecule has 0 nitrogen and oxygen atoms in total. The molecule has 0 aromatic heterocycles. The maximum Gasteiger partial charge on any atom is -0.0149 e. The maximum atomic E-state index is 1.58. The van der Waals surface area contributed by atoms with E-state index in [1.54, 1.807) is 32.1 Å². The van der Waals surface area contributed by atoms with Gasteiger partial charge in [-0.2, -0.15) is 0 Å². The average molecular weight is 212 g/mol. The van der Waals surface area contributed by atoms with Gasteiger partial charge in [-0.25, -0.2) is 0 Å². The van der Waals surface area contributed by atoms with E-state index >= 15 is 0 Å². The van der Waals surface area contributed by atoms with E-state index in [2.05, 4.69) is 0 Å². The monoisotopic (exact) mass is 212 g/mol. The summed E-state index contributed by atoms with van der Waals surface area (Å²) >= 11 is 0. The van der Waals surface area contributed by atoms with Gasteiger partial charge in [0.05, 0.1) is 0 Å². The molecule has 0 unspecified atom stereocenters. The molecular formula is C13H28Si. The Morgan fingerprint density at radius 1 is 0.571 bits per heavy atom. The van der Waals surface area contributed by atoms with Gasteiger partial charge >= 0.3 is 0 Å². The Hall–Kier alpha value is 0.217. The third kappa shape index (κ3) is 3.76. The Balaban J connectivity index is 0.000000980. The van der Waals surface area contributed by atoms with Crippen molar-refractivity contribution < 1.29 is 0 Å². The quantitative estimate of drug-likeness (QED) is 0.617. The van der Waals surface area contributed by atoms with Crippen molar-refractivity contribution in [2.75, 3.05) is 0 Å². The van der Waals surface area contributed by atoms with Crippen molar-refractivity contribution in [3.05, 3.63) is 0 Å². The molecule has 0 spiro atoms. The molecule has 0 aromatic carbocycles. The summed E-state index contributed by atoms with van der Waals surface area (Å²) in [4.78, 5) is 0. The van der Waals surface area contributed by atoms with Crippen molar-refractivity contribution in [2.45, 2.75) is 70.6 Å². The summed E-state index contributed by atoms with van der Waals surface area (Å²) in [5, 5.41) is 0. The summed E-state index contributed by atoms with van der Waals surface area (Å²) < 4.78 is 0. The first-order valence-electron chi connectivity index (χ1n) is 6.45. The molecule has 0 aliphatic heterocycles. The molecule has 84 valence electrons. The summed E-state index contributed by atoms with van der Waals surface area (Å²) in [6.07, 6.45) is 16.9. The molecule has 1 heteroatoms. The van der Waals surface area contributed by atoms with Gasteiger partial charge in [0.15, 0.2) is 0 Å². The van der Waals surface area contributed by atoms with Gasteiger partial charge in [0.25, 0.3) is 0 Å². The first-order chi connectivity index (χ1) is 6.45. The highest BCUT2D eigenvalue weighted by Crippen LogP contribution is 2.34. The van der Waals surface area contributed by atoms with E-state index in [-0.39, 0.29) is 11.0 Å². The molecule has 0 N–H and O–H groups in total. The number of hydrogen-bond acceptors (Lipinski definition) is 0. The van der Waals surface area contributed by atoms with Gasteiger partial charge in [-0.3, -0.25) is 0 Å². The zero-order valence-electron chi connectivity index (χ0n) is 8.93. The molecule has 2 rings (SSSR count). The average Bonchev–Trinajstić information content (AvgIpc) is 2.21. The Labute approximate surface area is 93.9 Å². The normalized spacial score (nSPS) is 25.7. The van der Waals surface area contributed by atoms with E-state index in [0.717, 1.165) is 11.8 Å². The minimum absolute atomic E-state index is 0. The zero-order valence-corrected chi connectivity index (χ0v) is 8.93. The van der Waals surface area contributed by atoms with E-state index in [1.807, 2.05) is 0 Å². The van der Waals surface area contributed by atoms with Gasteiger partial charge in [-0.1, -0.05) is 64.2 Å². The predicted octanol–water partition coefficient (Wildman–Crippen LogP) is 3.09. The Morgan fingerprint density at radius 2 is 0.929 bits per heavy atom. The highest BCUT2D eigenvalue weighted by atomic mass is 28.1. The molecule has 2 fully saturated rings. The van der Waals surface area contributed by atoms with Crippen LogP contribution in [0.4, 0.5) is 0 Å². The highest BCUT2D eigenvalue weighted by Gasteiger charge is 2.20. The summed E-state index contributed by atoms with van der Waals surface area (Å²) in [6.45, 7) is 0. The van der Waals surface area contributed by atoms with Crippen LogP contribution in [-0.4, -0.2) is 11.0 Å². The third-order valence-electron chi connectivity index (χ3n) is 4.12. The minimum atomic E-state index is 0. The molecule has 0 radical (unpaired) electrons. The van der Waals surface area contributed by atoms with Gasteiger partial charge in [-0.15, -0.1) is 0 Å². The van der Waals surface area contributed by atoms with Crippen LogP contribution in [-0.2, 0) is 0 Å². The van der Waals surface area contributed by atoms with E-state index in [4.69, 9.17) is 0 Å². The lowest BCUT2D eigenvalue weighted by Gasteiger charge is -2.28. The first kappa shape index (κ1) is 12.3. The lowest BCUT2D eigenvalue weighted by atomic mass is 9.78. The second-order valence-corrected chi connectivity index (χ2v) is 5.24. The van der Waals surface area contributed by atoms with E-state index in [1.165, 1.54) is 38.5 Å². The predicted molar refractivity (Wildman–Crippen MR) is 69.1 cm³/mol. The van der Waals surface area contributed by atoms with Crippen LogP contribution >= 0.6 is 0 Å². The fourth-order valence-electron chi connectivity index (χ4n) is 3.32. The zero-order chi connectivity index (χ0) is 8.93. The second kappa shape index (κ2) is 6.65. The minimum Gasteiger partial charge on any atom is -0.0533 e. The van der Waals surface area contributed by atoms with Crippen LogP contribution in [0.25, 0.3) is 0 Å². The van der Waals surface area contributed by atoms with Crippen LogP contribution in [0.3, 0.4) is 0 Å². The maximum absolute atomic E-state index is 1.58. The van der Waals surface area contributed by atoms with E-state index < -0.39 is 0 Å². The van der Waals surface area contributed by atoms with Gasteiger partial charge in [0.1, 0.15) is 0 Å². The molecule has 0 bridgehead atoms. The molecule has 0 saturated heterocycles. The molecule has 0 atom stereocenters. The summed E-state index contributed by atoms with van der Waals surface area (Å²) in [5.74, 6) is 2.24. The van der Waals surface area contributed by atoms with Crippen LogP contribution in [0.1, 0.15) is 70.6 Å². The molecule has 14 heavy (non-hydrogen) atoms. The summed E-state index contributed by atoms with van der Waals surface area (Å²) in [5.41, 5.74) is 0.